The second kappa shape index (κ2) is 9.70. The lowest BCUT2D eigenvalue weighted by molar-refractivity contribution is -0.390. The van der Waals surface area contributed by atoms with Crippen LogP contribution in [0.15, 0.2) is 53.4 Å². The molecule has 0 aliphatic heterocycles. The Labute approximate surface area is 205 Å². The molecule has 1 atom stereocenters. The van der Waals surface area contributed by atoms with Crippen LogP contribution in [0.3, 0.4) is 0 Å². The number of carbonyl (C=O) groups excluding carboxylic acids is 1. The normalized spacial score (nSPS) is 11.9. The Kier molecular flexibility index (Phi) is 6.69. The third kappa shape index (κ3) is 4.94. The van der Waals surface area contributed by atoms with Crippen LogP contribution in [0, 0.1) is 21.9 Å². The summed E-state index contributed by atoms with van der Waals surface area (Å²) in [6.45, 7) is 3.91. The van der Waals surface area contributed by atoms with Crippen molar-refractivity contribution < 1.29 is 23.2 Å². The molecule has 0 aliphatic rings. The Balaban J connectivity index is 1.77. The van der Waals surface area contributed by atoms with E-state index in [0.29, 0.717) is 11.0 Å². The molecule has 0 saturated carbocycles. The van der Waals surface area contributed by atoms with Gasteiger partial charge in [-0.05, 0) is 57.9 Å². The molecule has 0 radical (unpaired) electrons. The molecule has 1 unspecified atom stereocenters. The van der Waals surface area contributed by atoms with E-state index >= 15 is 0 Å². The molecule has 35 heavy (non-hydrogen) atoms. The number of aryl methyl sites for hydroxylation is 1. The van der Waals surface area contributed by atoms with Crippen LogP contribution in [-0.2, 0) is 6.54 Å². The van der Waals surface area contributed by atoms with Gasteiger partial charge in [0.2, 0.25) is 17.5 Å². The molecule has 0 aliphatic carbocycles. The van der Waals surface area contributed by atoms with E-state index in [2.05, 4.69) is 31.1 Å². The van der Waals surface area contributed by atoms with Gasteiger partial charge in [0.25, 0.3) is 0 Å². The van der Waals surface area contributed by atoms with Crippen LogP contribution in [0.25, 0.3) is 5.69 Å². The molecule has 0 amide bonds. The van der Waals surface area contributed by atoms with Crippen molar-refractivity contribution in [2.75, 3.05) is 0 Å². The highest BCUT2D eigenvalue weighted by Gasteiger charge is 2.26. The zero-order valence-electron chi connectivity index (χ0n) is 18.4. The summed E-state index contributed by atoms with van der Waals surface area (Å²) in [4.78, 5) is 27.5. The third-order valence-corrected chi connectivity index (χ3v) is 5.50. The number of benzene rings is 1. The molecular formula is C22H17BrF2N6O4. The van der Waals surface area contributed by atoms with Gasteiger partial charge in [-0.25, -0.2) is 9.07 Å². The standard InChI is InChI=1S/C22H17BrF2N6O4/c1-3-29-11-13(9-27-29)21(32)18-8-20(25)28-30(18)17-5-4-15(24)7-16(17)12(2)35-19-6-14(23)10-26-22(19)31(33)34/h4-12H,3H2,1-2H3. The average molecular weight is 547 g/mol. The van der Waals surface area contributed by atoms with E-state index < -0.39 is 34.4 Å². The Bertz CT molecular complexity index is 1440. The maximum Gasteiger partial charge on any atom is 0.406 e. The summed E-state index contributed by atoms with van der Waals surface area (Å²) in [5.74, 6) is -2.80. The lowest BCUT2D eigenvalue weighted by Gasteiger charge is -2.19. The molecule has 0 N–H and O–H groups in total. The van der Waals surface area contributed by atoms with Gasteiger partial charge < -0.3 is 14.9 Å². The Morgan fingerprint density at radius 1 is 1.26 bits per heavy atom. The number of rotatable bonds is 8. The van der Waals surface area contributed by atoms with Crippen molar-refractivity contribution in [3.8, 4) is 11.4 Å². The van der Waals surface area contributed by atoms with Gasteiger partial charge in [-0.15, -0.1) is 5.10 Å². The molecule has 4 aromatic rings. The maximum atomic E-state index is 14.3. The summed E-state index contributed by atoms with van der Waals surface area (Å²) in [6, 6.07) is 5.89. The van der Waals surface area contributed by atoms with Gasteiger partial charge in [0.1, 0.15) is 17.6 Å². The molecule has 0 saturated heterocycles. The van der Waals surface area contributed by atoms with Crippen LogP contribution in [0.5, 0.6) is 5.75 Å². The van der Waals surface area contributed by atoms with Gasteiger partial charge in [0.05, 0.1) is 21.9 Å². The van der Waals surface area contributed by atoms with Crippen molar-refractivity contribution in [3.05, 3.63) is 92.1 Å². The lowest BCUT2D eigenvalue weighted by Crippen LogP contribution is -2.15. The predicted octanol–water partition coefficient (Wildman–Crippen LogP) is 4.80. The molecule has 3 heterocycles. The van der Waals surface area contributed by atoms with Crippen LogP contribution in [0.4, 0.5) is 14.6 Å². The fourth-order valence-corrected chi connectivity index (χ4v) is 3.74. The summed E-state index contributed by atoms with van der Waals surface area (Å²) < 4.78 is 37.3. The number of nitro groups is 1. The van der Waals surface area contributed by atoms with Crippen molar-refractivity contribution in [1.29, 1.82) is 0 Å². The largest absolute Gasteiger partial charge is 0.478 e. The monoisotopic (exact) mass is 546 g/mol. The van der Waals surface area contributed by atoms with Crippen molar-refractivity contribution in [2.45, 2.75) is 26.5 Å². The summed E-state index contributed by atoms with van der Waals surface area (Å²) >= 11 is 3.19. The Morgan fingerprint density at radius 2 is 2.03 bits per heavy atom. The topological polar surface area (TPSA) is 118 Å². The van der Waals surface area contributed by atoms with E-state index in [4.69, 9.17) is 4.74 Å². The smallest absolute Gasteiger partial charge is 0.406 e. The quantitative estimate of drug-likeness (QED) is 0.177. The summed E-state index contributed by atoms with van der Waals surface area (Å²) in [5.41, 5.74) is 0.422. The molecule has 13 heteroatoms. The third-order valence-electron chi connectivity index (χ3n) is 5.06. The fourth-order valence-electron chi connectivity index (χ4n) is 3.43. The Hall–Kier alpha value is -4.00. The molecule has 10 nitrogen and oxygen atoms in total. The van der Waals surface area contributed by atoms with Gasteiger partial charge >= 0.3 is 5.82 Å². The molecule has 1 aromatic carbocycles. The minimum absolute atomic E-state index is 0.117. The fraction of sp³-hybridized carbons (Fsp3) is 0.182. The van der Waals surface area contributed by atoms with Crippen LogP contribution in [0.2, 0.25) is 0 Å². The van der Waals surface area contributed by atoms with Gasteiger partial charge in [-0.2, -0.15) is 9.49 Å². The van der Waals surface area contributed by atoms with E-state index in [1.165, 1.54) is 37.6 Å². The van der Waals surface area contributed by atoms with Crippen molar-refractivity contribution in [1.82, 2.24) is 24.5 Å². The van der Waals surface area contributed by atoms with Gasteiger partial charge in [-0.1, -0.05) is 0 Å². The molecule has 3 aromatic heterocycles. The highest BCUT2D eigenvalue weighted by atomic mass is 79.9. The van der Waals surface area contributed by atoms with E-state index in [0.717, 1.165) is 22.9 Å². The first-order valence-electron chi connectivity index (χ1n) is 10.3. The summed E-state index contributed by atoms with van der Waals surface area (Å²) in [6.07, 6.45) is 3.15. The second-order valence-electron chi connectivity index (χ2n) is 7.37. The SMILES string of the molecule is CCn1cc(C(=O)c2cc(F)nn2-c2ccc(F)cc2C(C)Oc2cc(Br)cnc2[N+](=O)[O-])cn1. The first-order chi connectivity index (χ1) is 16.7. The number of aromatic nitrogens is 5. The Morgan fingerprint density at radius 3 is 2.71 bits per heavy atom. The molecule has 4 rings (SSSR count). The van der Waals surface area contributed by atoms with Gasteiger partial charge in [0, 0.05) is 30.4 Å². The second-order valence-corrected chi connectivity index (χ2v) is 8.29. The summed E-state index contributed by atoms with van der Waals surface area (Å²) in [7, 11) is 0. The lowest BCUT2D eigenvalue weighted by atomic mass is 10.1. The zero-order valence-corrected chi connectivity index (χ0v) is 19.9. The van der Waals surface area contributed by atoms with E-state index in [1.807, 2.05) is 6.92 Å². The van der Waals surface area contributed by atoms with Crippen molar-refractivity contribution >= 4 is 27.5 Å². The number of carbonyl (C=O) groups is 1. The molecule has 180 valence electrons. The minimum Gasteiger partial charge on any atom is -0.478 e. The average Bonchev–Trinajstić information content (AvgIpc) is 3.45. The highest BCUT2D eigenvalue weighted by Crippen LogP contribution is 2.34. The number of pyridine rings is 1. The maximum absolute atomic E-state index is 14.3. The van der Waals surface area contributed by atoms with E-state index in [-0.39, 0.29) is 28.3 Å². The van der Waals surface area contributed by atoms with Crippen LogP contribution in [0.1, 0.15) is 41.6 Å². The van der Waals surface area contributed by atoms with Crippen molar-refractivity contribution in [3.63, 3.8) is 0 Å². The number of nitrogens with zero attached hydrogens (tertiary/aromatic N) is 6. The first-order valence-corrected chi connectivity index (χ1v) is 11.1. The summed E-state index contributed by atoms with van der Waals surface area (Å²) in [5, 5.41) is 19.2. The molecule has 0 spiro atoms. The van der Waals surface area contributed by atoms with Crippen LogP contribution >= 0.6 is 15.9 Å². The van der Waals surface area contributed by atoms with E-state index in [1.54, 1.807) is 4.68 Å². The zero-order chi connectivity index (χ0) is 25.3. The van der Waals surface area contributed by atoms with Crippen molar-refractivity contribution in [2.24, 2.45) is 0 Å². The molecule has 0 bridgehead atoms. The number of hydrogen-bond donors (Lipinski definition) is 0. The first kappa shape index (κ1) is 24.1. The molecule has 0 fully saturated rings. The molecular weight excluding hydrogens is 530 g/mol. The number of halogens is 3. The van der Waals surface area contributed by atoms with Gasteiger partial charge in [0.15, 0.2) is 6.20 Å². The number of ketones is 1. The minimum atomic E-state index is -0.978. The highest BCUT2D eigenvalue weighted by molar-refractivity contribution is 9.10. The predicted molar refractivity (Wildman–Crippen MR) is 122 cm³/mol. The van der Waals surface area contributed by atoms with Crippen LogP contribution in [-0.4, -0.2) is 35.3 Å². The van der Waals surface area contributed by atoms with Gasteiger partial charge in [-0.3, -0.25) is 9.48 Å². The van der Waals surface area contributed by atoms with E-state index in [9.17, 15) is 23.7 Å². The number of hydrogen-bond acceptors (Lipinski definition) is 7. The van der Waals surface area contributed by atoms with Crippen LogP contribution < -0.4 is 4.74 Å². The number of ether oxygens (including phenoxy) is 1.